The standard InChI is InChI=1S/C15H18O4/c1-15(2,3)13(17)9-12(16)10-7-5-6-8-11(10)14(18)19-4/h5-9,16H,1-4H3/b12-9-. The lowest BCUT2D eigenvalue weighted by Crippen LogP contribution is -2.18. The van der Waals surface area contributed by atoms with Crippen LogP contribution in [0.2, 0.25) is 0 Å². The van der Waals surface area contributed by atoms with Gasteiger partial charge in [-0.05, 0) is 6.07 Å². The fourth-order valence-corrected chi connectivity index (χ4v) is 1.41. The number of ether oxygens (including phenoxy) is 1. The summed E-state index contributed by atoms with van der Waals surface area (Å²) in [5, 5.41) is 10.0. The van der Waals surface area contributed by atoms with E-state index in [0.717, 1.165) is 6.08 Å². The molecule has 0 atom stereocenters. The molecule has 0 unspecified atom stereocenters. The van der Waals surface area contributed by atoms with Gasteiger partial charge in [-0.25, -0.2) is 4.79 Å². The minimum Gasteiger partial charge on any atom is -0.507 e. The van der Waals surface area contributed by atoms with Gasteiger partial charge in [-0.3, -0.25) is 4.79 Å². The molecule has 0 aliphatic heterocycles. The number of ketones is 1. The van der Waals surface area contributed by atoms with Gasteiger partial charge < -0.3 is 9.84 Å². The number of carbonyl (C=O) groups is 2. The zero-order valence-corrected chi connectivity index (χ0v) is 11.6. The van der Waals surface area contributed by atoms with Gasteiger partial charge in [0.25, 0.3) is 0 Å². The average molecular weight is 262 g/mol. The third-order valence-corrected chi connectivity index (χ3v) is 2.62. The summed E-state index contributed by atoms with van der Waals surface area (Å²) < 4.78 is 4.64. The Morgan fingerprint density at radius 3 is 2.16 bits per heavy atom. The molecule has 0 heterocycles. The Hall–Kier alpha value is -2.10. The smallest absolute Gasteiger partial charge is 0.338 e. The molecule has 0 saturated carbocycles. The van der Waals surface area contributed by atoms with Crippen LogP contribution in [0, 0.1) is 5.41 Å². The van der Waals surface area contributed by atoms with E-state index in [1.54, 1.807) is 39.0 Å². The van der Waals surface area contributed by atoms with E-state index in [2.05, 4.69) is 4.74 Å². The zero-order valence-electron chi connectivity index (χ0n) is 11.6. The second kappa shape index (κ2) is 5.69. The number of benzene rings is 1. The lowest BCUT2D eigenvalue weighted by Gasteiger charge is -2.14. The highest BCUT2D eigenvalue weighted by Gasteiger charge is 2.21. The molecule has 1 aromatic rings. The first-order valence-corrected chi connectivity index (χ1v) is 5.90. The molecule has 0 radical (unpaired) electrons. The number of aliphatic hydroxyl groups is 1. The van der Waals surface area contributed by atoms with E-state index in [9.17, 15) is 14.7 Å². The van der Waals surface area contributed by atoms with Crippen molar-refractivity contribution >= 4 is 17.5 Å². The Bertz CT molecular complexity index is 521. The Morgan fingerprint density at radius 2 is 1.68 bits per heavy atom. The predicted octanol–water partition coefficient (Wildman–Crippen LogP) is 2.99. The molecular weight excluding hydrogens is 244 g/mol. The van der Waals surface area contributed by atoms with Gasteiger partial charge in [0.15, 0.2) is 5.78 Å². The number of hydrogen-bond acceptors (Lipinski definition) is 4. The van der Waals surface area contributed by atoms with Gasteiger partial charge >= 0.3 is 5.97 Å². The van der Waals surface area contributed by atoms with E-state index in [0.29, 0.717) is 0 Å². The molecule has 0 bridgehead atoms. The van der Waals surface area contributed by atoms with Crippen LogP contribution < -0.4 is 0 Å². The van der Waals surface area contributed by atoms with Crippen LogP contribution in [-0.2, 0) is 9.53 Å². The van der Waals surface area contributed by atoms with Gasteiger partial charge in [-0.2, -0.15) is 0 Å². The van der Waals surface area contributed by atoms with Crippen molar-refractivity contribution in [2.75, 3.05) is 7.11 Å². The van der Waals surface area contributed by atoms with E-state index < -0.39 is 11.4 Å². The molecule has 4 heteroatoms. The van der Waals surface area contributed by atoms with Gasteiger partial charge in [0.1, 0.15) is 5.76 Å². The number of rotatable bonds is 3. The highest BCUT2D eigenvalue weighted by atomic mass is 16.5. The number of esters is 1. The van der Waals surface area contributed by atoms with Gasteiger partial charge in [-0.1, -0.05) is 39.0 Å². The van der Waals surface area contributed by atoms with Crippen molar-refractivity contribution in [2.24, 2.45) is 5.41 Å². The number of methoxy groups -OCH3 is 1. The first-order valence-electron chi connectivity index (χ1n) is 5.90. The number of allylic oxidation sites excluding steroid dienone is 1. The van der Waals surface area contributed by atoms with Crippen molar-refractivity contribution in [3.8, 4) is 0 Å². The van der Waals surface area contributed by atoms with E-state index in [1.807, 2.05) is 0 Å². The molecule has 1 N–H and O–H groups in total. The second-order valence-electron chi connectivity index (χ2n) is 5.18. The number of aliphatic hydroxyl groups excluding tert-OH is 1. The monoisotopic (exact) mass is 262 g/mol. The van der Waals surface area contributed by atoms with Crippen LogP contribution in [0.4, 0.5) is 0 Å². The van der Waals surface area contributed by atoms with Gasteiger partial charge in [0.05, 0.1) is 12.7 Å². The van der Waals surface area contributed by atoms with E-state index in [4.69, 9.17) is 0 Å². The molecule has 0 aromatic heterocycles. The van der Waals surface area contributed by atoms with Crippen molar-refractivity contribution in [2.45, 2.75) is 20.8 Å². The van der Waals surface area contributed by atoms with Gasteiger partial charge in [-0.15, -0.1) is 0 Å². The molecular formula is C15H18O4. The molecule has 0 amide bonds. The maximum atomic E-state index is 11.8. The summed E-state index contributed by atoms with van der Waals surface area (Å²) >= 11 is 0. The molecule has 0 fully saturated rings. The molecule has 0 aliphatic rings. The van der Waals surface area contributed by atoms with Crippen molar-refractivity contribution in [1.82, 2.24) is 0 Å². The van der Waals surface area contributed by atoms with E-state index in [-0.39, 0.29) is 22.7 Å². The van der Waals surface area contributed by atoms with Crippen molar-refractivity contribution in [1.29, 1.82) is 0 Å². The number of carbonyl (C=O) groups excluding carboxylic acids is 2. The van der Waals surface area contributed by atoms with E-state index in [1.165, 1.54) is 13.2 Å². The fourth-order valence-electron chi connectivity index (χ4n) is 1.41. The molecule has 1 rings (SSSR count). The molecule has 1 aromatic carbocycles. The zero-order chi connectivity index (χ0) is 14.6. The van der Waals surface area contributed by atoms with Crippen LogP contribution in [0.5, 0.6) is 0 Å². The van der Waals surface area contributed by atoms with Crippen molar-refractivity contribution in [3.05, 3.63) is 41.5 Å². The van der Waals surface area contributed by atoms with Crippen LogP contribution in [0.15, 0.2) is 30.3 Å². The van der Waals surface area contributed by atoms with Crippen LogP contribution in [0.1, 0.15) is 36.7 Å². The molecule has 102 valence electrons. The minimum absolute atomic E-state index is 0.218. The maximum Gasteiger partial charge on any atom is 0.338 e. The van der Waals surface area contributed by atoms with Crippen LogP contribution >= 0.6 is 0 Å². The Labute approximate surface area is 112 Å². The molecule has 0 spiro atoms. The summed E-state index contributed by atoms with van der Waals surface area (Å²) in [6.45, 7) is 5.27. The Balaban J connectivity index is 3.20. The Morgan fingerprint density at radius 1 is 1.16 bits per heavy atom. The molecule has 19 heavy (non-hydrogen) atoms. The SMILES string of the molecule is COC(=O)c1ccccc1/C(O)=C/C(=O)C(C)(C)C. The van der Waals surface area contributed by atoms with Crippen molar-refractivity contribution in [3.63, 3.8) is 0 Å². The Kier molecular flexibility index (Phi) is 4.48. The third kappa shape index (κ3) is 3.68. The molecule has 0 aliphatic carbocycles. The second-order valence-corrected chi connectivity index (χ2v) is 5.18. The van der Waals surface area contributed by atoms with Crippen LogP contribution in [-0.4, -0.2) is 24.0 Å². The first kappa shape index (κ1) is 15.0. The third-order valence-electron chi connectivity index (χ3n) is 2.62. The summed E-state index contributed by atoms with van der Waals surface area (Å²) in [5.74, 6) is -1.01. The van der Waals surface area contributed by atoms with E-state index >= 15 is 0 Å². The molecule has 0 saturated heterocycles. The molecule has 4 nitrogen and oxygen atoms in total. The minimum atomic E-state index is -0.589. The highest BCUT2D eigenvalue weighted by molar-refractivity contribution is 6.01. The topological polar surface area (TPSA) is 63.6 Å². The summed E-state index contributed by atoms with van der Waals surface area (Å²) in [4.78, 5) is 23.4. The average Bonchev–Trinajstić information content (AvgIpc) is 2.36. The highest BCUT2D eigenvalue weighted by Crippen LogP contribution is 2.21. The quantitative estimate of drug-likeness (QED) is 0.516. The van der Waals surface area contributed by atoms with Crippen LogP contribution in [0.3, 0.4) is 0 Å². The summed E-state index contributed by atoms with van der Waals surface area (Å²) in [7, 11) is 1.26. The first-order chi connectivity index (χ1) is 8.77. The largest absolute Gasteiger partial charge is 0.507 e. The number of hydrogen-bond donors (Lipinski definition) is 1. The summed E-state index contributed by atoms with van der Waals surface area (Å²) in [6, 6.07) is 6.43. The summed E-state index contributed by atoms with van der Waals surface area (Å²) in [6.07, 6.45) is 1.14. The predicted molar refractivity (Wildman–Crippen MR) is 72.8 cm³/mol. The lowest BCUT2D eigenvalue weighted by molar-refractivity contribution is -0.121. The van der Waals surface area contributed by atoms with Crippen molar-refractivity contribution < 1.29 is 19.4 Å². The van der Waals surface area contributed by atoms with Gasteiger partial charge in [0.2, 0.25) is 0 Å². The van der Waals surface area contributed by atoms with Gasteiger partial charge in [0, 0.05) is 17.1 Å². The normalized spacial score (nSPS) is 12.1. The maximum absolute atomic E-state index is 11.8. The lowest BCUT2D eigenvalue weighted by atomic mass is 9.90. The summed E-state index contributed by atoms with van der Waals surface area (Å²) in [5.41, 5.74) is -0.0822. The van der Waals surface area contributed by atoms with Crippen LogP contribution in [0.25, 0.3) is 5.76 Å². The fraction of sp³-hybridized carbons (Fsp3) is 0.333.